The fraction of sp³-hybridized carbons (Fsp3) is 0.583. The maximum absolute atomic E-state index is 12.0. The Morgan fingerprint density at radius 2 is 2.06 bits per heavy atom. The number of hydrogen-bond acceptors (Lipinski definition) is 4. The largest absolute Gasteiger partial charge is 0.313 e. The third-order valence-corrected chi connectivity index (χ3v) is 4.80. The zero-order valence-electron chi connectivity index (χ0n) is 10.5. The van der Waals surface area contributed by atoms with Crippen LogP contribution in [0.2, 0.25) is 0 Å². The number of aromatic nitrogens is 1. The minimum Gasteiger partial charge on any atom is -0.313 e. The van der Waals surface area contributed by atoms with Crippen molar-refractivity contribution in [1.29, 1.82) is 0 Å². The van der Waals surface area contributed by atoms with Crippen LogP contribution in [0.15, 0.2) is 24.5 Å². The summed E-state index contributed by atoms with van der Waals surface area (Å²) in [7, 11) is -1.56. The highest BCUT2D eigenvalue weighted by Gasteiger charge is 2.22. The second kappa shape index (κ2) is 5.77. The maximum Gasteiger partial charge on any atom is 0.215 e. The van der Waals surface area contributed by atoms with E-state index in [0.29, 0.717) is 19.1 Å². The monoisotopic (exact) mass is 269 g/mol. The van der Waals surface area contributed by atoms with Crippen LogP contribution in [0.1, 0.15) is 18.4 Å². The van der Waals surface area contributed by atoms with Gasteiger partial charge in [0.05, 0.1) is 5.75 Å². The normalized spacial score (nSPS) is 16.1. The third-order valence-electron chi connectivity index (χ3n) is 3.00. The van der Waals surface area contributed by atoms with Gasteiger partial charge in [0.1, 0.15) is 0 Å². The van der Waals surface area contributed by atoms with Crippen LogP contribution in [0.3, 0.4) is 0 Å². The van der Waals surface area contributed by atoms with Crippen molar-refractivity contribution in [2.45, 2.75) is 25.4 Å². The second-order valence-electron chi connectivity index (χ2n) is 4.66. The fourth-order valence-corrected chi connectivity index (χ4v) is 2.71. The molecule has 0 bridgehead atoms. The lowest BCUT2D eigenvalue weighted by molar-refractivity contribution is 0.464. The van der Waals surface area contributed by atoms with Gasteiger partial charge in [-0.25, -0.2) is 12.7 Å². The highest BCUT2D eigenvalue weighted by atomic mass is 32.2. The van der Waals surface area contributed by atoms with Gasteiger partial charge in [-0.1, -0.05) is 0 Å². The number of nitrogens with one attached hydrogen (secondary N) is 1. The molecule has 1 aromatic rings. The quantitative estimate of drug-likeness (QED) is 0.787. The molecule has 1 aliphatic carbocycles. The van der Waals surface area contributed by atoms with Gasteiger partial charge in [0.25, 0.3) is 0 Å². The standard InChI is InChI=1S/C12H19N3O2S/c1-15(10-11-4-6-13-7-5-11)18(16,17)9-8-14-12-2-3-12/h4-7,12,14H,2-3,8-10H2,1H3. The van der Waals surface area contributed by atoms with Crippen LogP contribution < -0.4 is 5.32 Å². The van der Waals surface area contributed by atoms with Gasteiger partial charge < -0.3 is 5.32 Å². The Morgan fingerprint density at radius 1 is 1.39 bits per heavy atom. The van der Waals surface area contributed by atoms with Gasteiger partial charge in [-0.15, -0.1) is 0 Å². The molecule has 1 aliphatic rings. The van der Waals surface area contributed by atoms with Crippen molar-refractivity contribution >= 4 is 10.0 Å². The first-order valence-corrected chi connectivity index (χ1v) is 7.75. The molecule has 0 radical (unpaired) electrons. The van der Waals surface area contributed by atoms with E-state index in [4.69, 9.17) is 0 Å². The van der Waals surface area contributed by atoms with Crippen molar-refractivity contribution in [3.05, 3.63) is 30.1 Å². The molecule has 18 heavy (non-hydrogen) atoms. The minimum absolute atomic E-state index is 0.158. The molecule has 1 aromatic heterocycles. The van der Waals surface area contributed by atoms with Crippen molar-refractivity contribution in [3.63, 3.8) is 0 Å². The number of nitrogens with zero attached hydrogens (tertiary/aromatic N) is 2. The van der Waals surface area contributed by atoms with Crippen molar-refractivity contribution in [1.82, 2.24) is 14.6 Å². The van der Waals surface area contributed by atoms with Crippen LogP contribution in [0.25, 0.3) is 0 Å². The van der Waals surface area contributed by atoms with Crippen molar-refractivity contribution < 1.29 is 8.42 Å². The molecule has 0 spiro atoms. The number of rotatable bonds is 7. The molecule has 0 amide bonds. The first-order valence-electron chi connectivity index (χ1n) is 6.14. The lowest BCUT2D eigenvalue weighted by Gasteiger charge is -2.17. The molecule has 1 fully saturated rings. The molecule has 1 heterocycles. The summed E-state index contributed by atoms with van der Waals surface area (Å²) in [6.07, 6.45) is 5.69. The van der Waals surface area contributed by atoms with Crippen molar-refractivity contribution in [2.24, 2.45) is 0 Å². The van der Waals surface area contributed by atoms with Crippen LogP contribution in [0, 0.1) is 0 Å². The summed E-state index contributed by atoms with van der Waals surface area (Å²) in [5, 5.41) is 3.22. The molecule has 1 N–H and O–H groups in total. The molecular formula is C12H19N3O2S. The van der Waals surface area contributed by atoms with Gasteiger partial charge in [-0.2, -0.15) is 0 Å². The lowest BCUT2D eigenvalue weighted by Crippen LogP contribution is -2.33. The predicted octanol–water partition coefficient (Wildman–Crippen LogP) is 0.595. The van der Waals surface area contributed by atoms with Crippen LogP contribution in [-0.2, 0) is 16.6 Å². The predicted molar refractivity (Wildman–Crippen MR) is 70.5 cm³/mol. The minimum atomic E-state index is -3.18. The van der Waals surface area contributed by atoms with Crippen molar-refractivity contribution in [3.8, 4) is 0 Å². The average molecular weight is 269 g/mol. The Balaban J connectivity index is 1.83. The highest BCUT2D eigenvalue weighted by molar-refractivity contribution is 7.89. The zero-order valence-corrected chi connectivity index (χ0v) is 11.4. The van der Waals surface area contributed by atoms with Crippen molar-refractivity contribution in [2.75, 3.05) is 19.3 Å². The molecule has 6 heteroatoms. The van der Waals surface area contributed by atoms with E-state index in [2.05, 4.69) is 10.3 Å². The van der Waals surface area contributed by atoms with E-state index in [1.807, 2.05) is 12.1 Å². The van der Waals surface area contributed by atoms with Crippen LogP contribution in [0.4, 0.5) is 0 Å². The van der Waals surface area contributed by atoms with Crippen LogP contribution in [0.5, 0.6) is 0 Å². The average Bonchev–Trinajstić information content (AvgIpc) is 3.14. The fourth-order valence-electron chi connectivity index (χ4n) is 1.68. The zero-order chi connectivity index (χ0) is 13.0. The maximum atomic E-state index is 12.0. The van der Waals surface area contributed by atoms with Crippen LogP contribution in [-0.4, -0.2) is 43.1 Å². The van der Waals surface area contributed by atoms with Gasteiger partial charge >= 0.3 is 0 Å². The summed E-state index contributed by atoms with van der Waals surface area (Å²) in [4.78, 5) is 3.91. The van der Waals surface area contributed by atoms with E-state index in [1.165, 1.54) is 17.1 Å². The molecule has 2 rings (SSSR count). The Kier molecular flexibility index (Phi) is 4.31. The molecular weight excluding hydrogens is 250 g/mol. The SMILES string of the molecule is CN(Cc1ccncc1)S(=O)(=O)CCNC1CC1. The van der Waals surface area contributed by atoms with Crippen LogP contribution >= 0.6 is 0 Å². The molecule has 100 valence electrons. The summed E-state index contributed by atoms with van der Waals surface area (Å²) in [5.41, 5.74) is 0.950. The van der Waals surface area contributed by atoms with Gasteiger partial charge in [0, 0.05) is 38.6 Å². The van der Waals surface area contributed by atoms with E-state index in [0.717, 1.165) is 5.56 Å². The molecule has 0 aliphatic heterocycles. The summed E-state index contributed by atoms with van der Waals surface area (Å²) >= 11 is 0. The number of pyridine rings is 1. The summed E-state index contributed by atoms with van der Waals surface area (Å²) < 4.78 is 25.4. The Labute approximate surface area is 108 Å². The number of sulfonamides is 1. The third kappa shape index (κ3) is 4.04. The first-order chi connectivity index (χ1) is 8.58. The van der Waals surface area contributed by atoms with Gasteiger partial charge in [0.15, 0.2) is 0 Å². The topological polar surface area (TPSA) is 62.3 Å². The second-order valence-corrected chi connectivity index (χ2v) is 6.85. The molecule has 0 atom stereocenters. The van der Waals surface area contributed by atoms with E-state index in [1.54, 1.807) is 19.4 Å². The number of hydrogen-bond donors (Lipinski definition) is 1. The highest BCUT2D eigenvalue weighted by Crippen LogP contribution is 2.18. The van der Waals surface area contributed by atoms with E-state index >= 15 is 0 Å². The van der Waals surface area contributed by atoms with E-state index < -0.39 is 10.0 Å². The molecule has 0 aromatic carbocycles. The summed E-state index contributed by atoms with van der Waals surface area (Å²) in [6.45, 7) is 0.933. The Bertz CT molecular complexity index is 471. The smallest absolute Gasteiger partial charge is 0.215 e. The van der Waals surface area contributed by atoms with Gasteiger partial charge in [0.2, 0.25) is 10.0 Å². The molecule has 0 saturated heterocycles. The Hall–Kier alpha value is -0.980. The van der Waals surface area contributed by atoms with Gasteiger partial charge in [-0.05, 0) is 30.5 Å². The molecule has 1 saturated carbocycles. The Morgan fingerprint density at radius 3 is 2.67 bits per heavy atom. The van der Waals surface area contributed by atoms with E-state index in [-0.39, 0.29) is 5.75 Å². The summed E-state index contributed by atoms with van der Waals surface area (Å²) in [5.74, 6) is 0.158. The molecule has 5 nitrogen and oxygen atoms in total. The van der Waals surface area contributed by atoms with Gasteiger partial charge in [-0.3, -0.25) is 4.98 Å². The van der Waals surface area contributed by atoms with E-state index in [9.17, 15) is 8.42 Å². The first kappa shape index (κ1) is 13.5. The molecule has 0 unspecified atom stereocenters. The summed E-state index contributed by atoms with van der Waals surface area (Å²) in [6, 6.07) is 4.20. The lowest BCUT2D eigenvalue weighted by atomic mass is 10.3.